The van der Waals surface area contributed by atoms with E-state index in [9.17, 15) is 0 Å². The second-order valence-electron chi connectivity index (χ2n) is 8.47. The maximum atomic E-state index is 5.96. The zero-order valence-corrected chi connectivity index (χ0v) is 23.5. The fourth-order valence-electron chi connectivity index (χ4n) is 3.46. The second kappa shape index (κ2) is 13.8. The van der Waals surface area contributed by atoms with Crippen LogP contribution in [0.2, 0.25) is 0 Å². The predicted molar refractivity (Wildman–Crippen MR) is 148 cm³/mol. The fraction of sp³-hybridized carbons (Fsp3) is 0.480. The molecule has 202 valence electrons. The van der Waals surface area contributed by atoms with Gasteiger partial charge in [0.2, 0.25) is 0 Å². The number of aryl methyl sites for hydroxylation is 1. The standard InChI is InChI=1S/C25H35N5O5S2/c1-16-22(25(2,3)37-24-28-20(26)15-21(27)29-24)30-23(36-16)17-6-7-18(32-5)19(14-17)35-13-12-34-11-10-33-9-8-31-4/h6-7,14-15H,8-13H2,1-5H3,(H4,26,27,28,29). The summed E-state index contributed by atoms with van der Waals surface area (Å²) in [6.45, 7) is 9.17. The molecule has 0 aliphatic rings. The van der Waals surface area contributed by atoms with Gasteiger partial charge in [-0.2, -0.15) is 0 Å². The first-order valence-corrected chi connectivity index (χ1v) is 13.4. The third-order valence-corrected chi connectivity index (χ3v) is 7.25. The minimum Gasteiger partial charge on any atom is -0.493 e. The van der Waals surface area contributed by atoms with Gasteiger partial charge in [-0.1, -0.05) is 11.8 Å². The van der Waals surface area contributed by atoms with Gasteiger partial charge in [0.1, 0.15) is 23.3 Å². The molecule has 0 aliphatic carbocycles. The SMILES string of the molecule is COCCOCCOCCOc1cc(-c2nc(C(C)(C)Sc3nc(N)cc(N)n3)c(C)s2)ccc1OC. The number of anilines is 2. The molecule has 0 amide bonds. The predicted octanol–water partition coefficient (Wildman–Crippen LogP) is 4.17. The largest absolute Gasteiger partial charge is 0.493 e. The lowest BCUT2D eigenvalue weighted by Gasteiger charge is -2.22. The summed E-state index contributed by atoms with van der Waals surface area (Å²) in [7, 11) is 3.26. The second-order valence-corrected chi connectivity index (χ2v) is 11.3. The molecule has 10 nitrogen and oxygen atoms in total. The van der Waals surface area contributed by atoms with Crippen LogP contribution in [0.15, 0.2) is 29.4 Å². The summed E-state index contributed by atoms with van der Waals surface area (Å²) in [5, 5.41) is 1.39. The molecule has 0 bridgehead atoms. The van der Waals surface area contributed by atoms with Gasteiger partial charge in [0.05, 0.1) is 50.6 Å². The number of nitrogen functional groups attached to an aromatic ring is 2. The monoisotopic (exact) mass is 549 g/mol. The van der Waals surface area contributed by atoms with Crippen LogP contribution in [-0.4, -0.2) is 68.8 Å². The summed E-state index contributed by atoms with van der Waals surface area (Å²) in [5.41, 5.74) is 13.6. The minimum absolute atomic E-state index is 0.341. The molecule has 0 fully saturated rings. The van der Waals surface area contributed by atoms with Crippen LogP contribution >= 0.6 is 23.1 Å². The van der Waals surface area contributed by atoms with E-state index < -0.39 is 4.75 Å². The van der Waals surface area contributed by atoms with E-state index in [4.69, 9.17) is 40.1 Å². The van der Waals surface area contributed by atoms with Gasteiger partial charge in [0.25, 0.3) is 0 Å². The Kier molecular flexibility index (Phi) is 10.8. The van der Waals surface area contributed by atoms with Gasteiger partial charge in [-0.25, -0.2) is 15.0 Å². The molecule has 0 radical (unpaired) electrons. The number of benzene rings is 1. The van der Waals surface area contributed by atoms with E-state index in [-0.39, 0.29) is 0 Å². The quantitative estimate of drug-likeness (QED) is 0.160. The van der Waals surface area contributed by atoms with Crippen LogP contribution in [0.25, 0.3) is 10.6 Å². The molecule has 0 aliphatic heterocycles. The van der Waals surface area contributed by atoms with E-state index >= 15 is 0 Å². The highest BCUT2D eigenvalue weighted by Gasteiger charge is 2.30. The van der Waals surface area contributed by atoms with Crippen molar-refractivity contribution in [3.05, 3.63) is 34.8 Å². The van der Waals surface area contributed by atoms with E-state index in [0.29, 0.717) is 67.9 Å². The van der Waals surface area contributed by atoms with Crippen LogP contribution in [0.1, 0.15) is 24.4 Å². The number of nitrogens with zero attached hydrogens (tertiary/aromatic N) is 3. The Morgan fingerprint density at radius 2 is 1.51 bits per heavy atom. The highest BCUT2D eigenvalue weighted by molar-refractivity contribution is 8.00. The Morgan fingerprint density at radius 3 is 2.16 bits per heavy atom. The summed E-state index contributed by atoms with van der Waals surface area (Å²) >= 11 is 3.09. The fourth-order valence-corrected chi connectivity index (χ4v) is 5.65. The lowest BCUT2D eigenvalue weighted by atomic mass is 10.1. The lowest BCUT2D eigenvalue weighted by molar-refractivity contribution is 0.0178. The molecule has 37 heavy (non-hydrogen) atoms. The van der Waals surface area contributed by atoms with Crippen LogP contribution in [0.4, 0.5) is 11.6 Å². The van der Waals surface area contributed by atoms with E-state index in [1.165, 1.54) is 17.8 Å². The third kappa shape index (κ3) is 8.44. The Hall–Kier alpha value is -2.64. The van der Waals surface area contributed by atoms with Crippen molar-refractivity contribution >= 4 is 34.7 Å². The number of methoxy groups -OCH3 is 2. The van der Waals surface area contributed by atoms with Crippen LogP contribution < -0.4 is 20.9 Å². The van der Waals surface area contributed by atoms with Crippen molar-refractivity contribution < 1.29 is 23.7 Å². The smallest absolute Gasteiger partial charge is 0.192 e. The van der Waals surface area contributed by atoms with Crippen LogP contribution in [0.5, 0.6) is 11.5 Å². The molecule has 3 rings (SSSR count). The van der Waals surface area contributed by atoms with Gasteiger partial charge in [-0.3, -0.25) is 0 Å². The highest BCUT2D eigenvalue weighted by Crippen LogP contribution is 2.44. The number of thioether (sulfide) groups is 1. The number of hydrogen-bond acceptors (Lipinski definition) is 12. The number of nitrogens with two attached hydrogens (primary N) is 2. The molecular weight excluding hydrogens is 514 g/mol. The molecule has 0 unspecified atom stereocenters. The van der Waals surface area contributed by atoms with Crippen molar-refractivity contribution in [1.82, 2.24) is 15.0 Å². The van der Waals surface area contributed by atoms with Gasteiger partial charge in [-0.05, 0) is 39.0 Å². The number of aromatic nitrogens is 3. The van der Waals surface area contributed by atoms with E-state index in [2.05, 4.69) is 30.7 Å². The zero-order valence-electron chi connectivity index (χ0n) is 21.9. The van der Waals surface area contributed by atoms with Crippen molar-refractivity contribution in [3.8, 4) is 22.1 Å². The van der Waals surface area contributed by atoms with Crippen molar-refractivity contribution in [2.24, 2.45) is 0 Å². The van der Waals surface area contributed by atoms with Crippen molar-refractivity contribution in [2.75, 3.05) is 65.3 Å². The van der Waals surface area contributed by atoms with E-state index in [1.807, 2.05) is 18.2 Å². The number of ether oxygens (including phenoxy) is 5. The van der Waals surface area contributed by atoms with Crippen LogP contribution in [0.3, 0.4) is 0 Å². The first kappa shape index (κ1) is 28.9. The Balaban J connectivity index is 1.66. The van der Waals surface area contributed by atoms with Gasteiger partial charge in [0, 0.05) is 23.6 Å². The van der Waals surface area contributed by atoms with Crippen LogP contribution in [0, 0.1) is 6.92 Å². The molecule has 2 heterocycles. The zero-order chi connectivity index (χ0) is 26.8. The minimum atomic E-state index is -0.407. The molecule has 4 N–H and O–H groups in total. The van der Waals surface area contributed by atoms with Gasteiger partial charge in [0.15, 0.2) is 16.7 Å². The molecule has 0 saturated heterocycles. The average Bonchev–Trinajstić information content (AvgIpc) is 3.24. The Morgan fingerprint density at radius 1 is 0.865 bits per heavy atom. The molecule has 0 atom stereocenters. The molecule has 2 aromatic heterocycles. The maximum Gasteiger partial charge on any atom is 0.192 e. The highest BCUT2D eigenvalue weighted by atomic mass is 32.2. The Bertz CT molecular complexity index is 1140. The van der Waals surface area contributed by atoms with E-state index in [0.717, 1.165) is 21.1 Å². The van der Waals surface area contributed by atoms with Crippen molar-refractivity contribution in [1.29, 1.82) is 0 Å². The lowest BCUT2D eigenvalue weighted by Crippen LogP contribution is -2.15. The summed E-state index contributed by atoms with van der Waals surface area (Å²) in [6.07, 6.45) is 0. The first-order valence-electron chi connectivity index (χ1n) is 11.8. The third-order valence-electron chi connectivity index (χ3n) is 5.16. The molecule has 12 heteroatoms. The van der Waals surface area contributed by atoms with E-state index in [1.54, 1.807) is 25.6 Å². The molecule has 0 spiro atoms. The van der Waals surface area contributed by atoms with Gasteiger partial charge >= 0.3 is 0 Å². The maximum absolute atomic E-state index is 5.96. The summed E-state index contributed by atoms with van der Waals surface area (Å²) in [6, 6.07) is 7.34. The number of thiazole rings is 1. The van der Waals surface area contributed by atoms with Crippen LogP contribution in [-0.2, 0) is 19.0 Å². The average molecular weight is 550 g/mol. The summed E-state index contributed by atoms with van der Waals surface area (Å²) in [5.74, 6) is 1.96. The number of rotatable bonds is 15. The summed E-state index contributed by atoms with van der Waals surface area (Å²) < 4.78 is 26.9. The molecule has 3 aromatic rings. The van der Waals surface area contributed by atoms with Crippen molar-refractivity contribution in [3.63, 3.8) is 0 Å². The molecule has 0 saturated carbocycles. The van der Waals surface area contributed by atoms with Gasteiger partial charge in [-0.15, -0.1) is 11.3 Å². The number of hydrogen-bond donors (Lipinski definition) is 2. The Labute approximate surface area is 226 Å². The molecule has 1 aromatic carbocycles. The van der Waals surface area contributed by atoms with Gasteiger partial charge < -0.3 is 35.2 Å². The first-order chi connectivity index (χ1) is 17.7. The van der Waals surface area contributed by atoms with Crippen molar-refractivity contribution in [2.45, 2.75) is 30.7 Å². The normalized spacial score (nSPS) is 11.6. The topological polar surface area (TPSA) is 137 Å². The summed E-state index contributed by atoms with van der Waals surface area (Å²) in [4.78, 5) is 14.7. The molecular formula is C25H35N5O5S2.